The van der Waals surface area contributed by atoms with Crippen molar-refractivity contribution < 1.29 is 14.6 Å². The van der Waals surface area contributed by atoms with Gasteiger partial charge < -0.3 is 24.4 Å². The van der Waals surface area contributed by atoms with Gasteiger partial charge in [0.25, 0.3) is 0 Å². The summed E-state index contributed by atoms with van der Waals surface area (Å²) in [6.07, 6.45) is 1.90. The van der Waals surface area contributed by atoms with Gasteiger partial charge in [-0.05, 0) is 74.2 Å². The predicted octanol–water partition coefficient (Wildman–Crippen LogP) is 4.83. The highest BCUT2D eigenvalue weighted by molar-refractivity contribution is 8.00. The van der Waals surface area contributed by atoms with Crippen molar-refractivity contribution in [3.8, 4) is 0 Å². The van der Waals surface area contributed by atoms with E-state index in [0.717, 1.165) is 28.1 Å². The largest absolute Gasteiger partial charge is 0.464 e. The lowest BCUT2D eigenvalue weighted by Crippen LogP contribution is -2.42. The number of anilines is 1. The van der Waals surface area contributed by atoms with E-state index in [1.165, 1.54) is 19.1 Å². The van der Waals surface area contributed by atoms with Gasteiger partial charge in [0.2, 0.25) is 0 Å². The number of hydrogen-bond donors (Lipinski definition) is 3. The molecule has 0 fully saturated rings. The number of esters is 1. The number of aliphatic hydroxyl groups excluding tert-OH is 1. The molecular formula is C27H31N5O3S. The number of rotatable bonds is 11. The SMILES string of the molecule is COC(=O)c1ccc2c(ncn2CCC(C)(C)NCC(O)c2cccc(NSc3ccccc3)c2)n1. The van der Waals surface area contributed by atoms with Crippen LogP contribution in [0.25, 0.3) is 11.2 Å². The second-order valence-corrected chi connectivity index (χ2v) is 10.0. The third-order valence-corrected chi connectivity index (χ3v) is 6.78. The van der Waals surface area contributed by atoms with Crippen LogP contribution in [0.3, 0.4) is 0 Å². The second-order valence-electron chi connectivity index (χ2n) is 9.14. The highest BCUT2D eigenvalue weighted by atomic mass is 32.2. The highest BCUT2D eigenvalue weighted by Crippen LogP contribution is 2.24. The van der Waals surface area contributed by atoms with Crippen molar-refractivity contribution in [1.29, 1.82) is 0 Å². The number of aromatic nitrogens is 3. The first-order valence-corrected chi connectivity index (χ1v) is 12.6. The molecule has 0 radical (unpaired) electrons. The number of aliphatic hydroxyl groups is 1. The molecule has 0 amide bonds. The lowest BCUT2D eigenvalue weighted by Gasteiger charge is -2.28. The molecule has 2 aromatic heterocycles. The van der Waals surface area contributed by atoms with E-state index in [-0.39, 0.29) is 11.2 Å². The van der Waals surface area contributed by atoms with Gasteiger partial charge in [-0.15, -0.1) is 0 Å². The van der Waals surface area contributed by atoms with Gasteiger partial charge in [-0.1, -0.05) is 30.3 Å². The van der Waals surface area contributed by atoms with E-state index in [9.17, 15) is 9.90 Å². The first kappa shape index (κ1) is 25.7. The molecule has 188 valence electrons. The summed E-state index contributed by atoms with van der Waals surface area (Å²) < 4.78 is 10.1. The molecule has 3 N–H and O–H groups in total. The molecule has 9 heteroatoms. The molecule has 4 aromatic rings. The lowest BCUT2D eigenvalue weighted by molar-refractivity contribution is 0.0594. The van der Waals surface area contributed by atoms with E-state index >= 15 is 0 Å². The molecular weight excluding hydrogens is 474 g/mol. The number of fused-ring (bicyclic) bond motifs is 1. The smallest absolute Gasteiger partial charge is 0.356 e. The van der Waals surface area contributed by atoms with Crippen molar-refractivity contribution in [2.75, 3.05) is 18.4 Å². The summed E-state index contributed by atoms with van der Waals surface area (Å²) >= 11 is 1.54. The van der Waals surface area contributed by atoms with E-state index in [2.05, 4.69) is 33.9 Å². The number of carbonyl (C=O) groups is 1. The number of imidazole rings is 1. The van der Waals surface area contributed by atoms with Crippen LogP contribution >= 0.6 is 11.9 Å². The normalized spacial score (nSPS) is 12.4. The van der Waals surface area contributed by atoms with Crippen LogP contribution in [-0.2, 0) is 11.3 Å². The Hall–Kier alpha value is -3.40. The second kappa shape index (κ2) is 11.6. The topological polar surface area (TPSA) is 101 Å². The number of hydrogen-bond acceptors (Lipinski definition) is 8. The van der Waals surface area contributed by atoms with E-state index in [1.54, 1.807) is 12.4 Å². The predicted molar refractivity (Wildman–Crippen MR) is 143 cm³/mol. The molecule has 36 heavy (non-hydrogen) atoms. The Morgan fingerprint density at radius 1 is 1.14 bits per heavy atom. The first-order chi connectivity index (χ1) is 17.3. The minimum Gasteiger partial charge on any atom is -0.464 e. The third kappa shape index (κ3) is 6.63. The van der Waals surface area contributed by atoms with Crippen LogP contribution in [-0.4, -0.2) is 44.8 Å². The van der Waals surface area contributed by atoms with Crippen LogP contribution in [0.2, 0.25) is 0 Å². The minimum atomic E-state index is -0.636. The molecule has 1 atom stereocenters. The van der Waals surface area contributed by atoms with Crippen LogP contribution < -0.4 is 10.0 Å². The van der Waals surface area contributed by atoms with Gasteiger partial charge in [-0.3, -0.25) is 0 Å². The Balaban J connectivity index is 1.30. The molecule has 0 saturated heterocycles. The number of carbonyl (C=O) groups excluding carboxylic acids is 1. The average Bonchev–Trinajstić information content (AvgIpc) is 3.32. The van der Waals surface area contributed by atoms with Crippen LogP contribution in [0.5, 0.6) is 0 Å². The fourth-order valence-corrected chi connectivity index (χ4v) is 4.39. The van der Waals surface area contributed by atoms with Gasteiger partial charge in [-0.25, -0.2) is 14.8 Å². The lowest BCUT2D eigenvalue weighted by atomic mass is 9.99. The average molecular weight is 506 g/mol. The maximum Gasteiger partial charge on any atom is 0.356 e. The fraction of sp³-hybridized carbons (Fsp3) is 0.296. The quantitative estimate of drug-likeness (QED) is 0.197. The molecule has 2 aromatic carbocycles. The molecule has 0 aliphatic rings. The number of aryl methyl sites for hydroxylation is 1. The van der Waals surface area contributed by atoms with Gasteiger partial charge in [0.15, 0.2) is 11.3 Å². The third-order valence-electron chi connectivity index (χ3n) is 5.93. The summed E-state index contributed by atoms with van der Waals surface area (Å²) in [6, 6.07) is 21.4. The van der Waals surface area contributed by atoms with Gasteiger partial charge in [-0.2, -0.15) is 0 Å². The summed E-state index contributed by atoms with van der Waals surface area (Å²) in [5.74, 6) is -0.480. The standard InChI is InChI=1S/C27H31N5O3S/c1-27(2,14-15-32-18-28-25-23(32)13-12-22(30-25)26(34)35-3)29-17-24(33)19-8-7-9-20(16-19)31-36-21-10-5-4-6-11-21/h4-13,16,18,24,29,31,33H,14-15,17H2,1-3H3. The van der Waals surface area contributed by atoms with Crippen LogP contribution in [0.1, 0.15) is 42.4 Å². The number of ether oxygens (including phenoxy) is 1. The molecule has 4 rings (SSSR count). The zero-order valence-corrected chi connectivity index (χ0v) is 21.5. The van der Waals surface area contributed by atoms with E-state index in [4.69, 9.17) is 4.74 Å². The van der Waals surface area contributed by atoms with Crippen molar-refractivity contribution in [3.05, 3.63) is 84.3 Å². The summed E-state index contributed by atoms with van der Waals surface area (Å²) in [5.41, 5.74) is 3.18. The molecule has 0 spiro atoms. The van der Waals surface area contributed by atoms with Crippen LogP contribution in [0, 0.1) is 0 Å². The molecule has 0 saturated carbocycles. The van der Waals surface area contributed by atoms with Crippen molar-refractivity contribution in [3.63, 3.8) is 0 Å². The zero-order valence-electron chi connectivity index (χ0n) is 20.6. The Labute approximate surface area is 215 Å². The fourth-order valence-electron chi connectivity index (χ4n) is 3.74. The van der Waals surface area contributed by atoms with Crippen LogP contribution in [0.4, 0.5) is 5.69 Å². The molecule has 0 aliphatic heterocycles. The van der Waals surface area contributed by atoms with Gasteiger partial charge >= 0.3 is 5.97 Å². The van der Waals surface area contributed by atoms with Crippen LogP contribution in [0.15, 0.2) is 78.0 Å². The van der Waals surface area contributed by atoms with Gasteiger partial charge in [0.1, 0.15) is 0 Å². The number of β-amino-alcohol motifs (C(OH)–C–C–N with tert-alkyl or cyclic N) is 1. The maximum atomic E-state index is 11.7. The van der Waals surface area contributed by atoms with Crippen molar-refractivity contribution in [2.45, 2.75) is 43.4 Å². The summed E-state index contributed by atoms with van der Waals surface area (Å²) in [4.78, 5) is 21.4. The maximum absolute atomic E-state index is 11.7. The molecule has 0 bridgehead atoms. The first-order valence-electron chi connectivity index (χ1n) is 11.8. The van der Waals surface area contributed by atoms with Gasteiger partial charge in [0, 0.05) is 29.2 Å². The summed E-state index contributed by atoms with van der Waals surface area (Å²) in [5, 5.41) is 14.3. The summed E-state index contributed by atoms with van der Waals surface area (Å²) in [6.45, 7) is 5.36. The Bertz CT molecular complexity index is 1310. The number of benzene rings is 2. The monoisotopic (exact) mass is 505 g/mol. The molecule has 8 nitrogen and oxygen atoms in total. The number of pyridine rings is 1. The molecule has 0 aliphatic carbocycles. The molecule has 1 unspecified atom stereocenters. The number of nitrogens with one attached hydrogen (secondary N) is 2. The minimum absolute atomic E-state index is 0.226. The van der Waals surface area contributed by atoms with E-state index in [1.807, 2.05) is 65.2 Å². The van der Waals surface area contributed by atoms with Crippen molar-refractivity contribution in [1.82, 2.24) is 19.9 Å². The Morgan fingerprint density at radius 2 is 1.94 bits per heavy atom. The summed E-state index contributed by atoms with van der Waals surface area (Å²) in [7, 11) is 1.33. The molecule has 2 heterocycles. The number of nitrogens with zero attached hydrogens (tertiary/aromatic N) is 3. The van der Waals surface area contributed by atoms with Gasteiger partial charge in [0.05, 0.1) is 25.1 Å². The zero-order chi connectivity index (χ0) is 25.5. The van der Waals surface area contributed by atoms with Crippen molar-refractivity contribution in [2.24, 2.45) is 0 Å². The highest BCUT2D eigenvalue weighted by Gasteiger charge is 2.20. The van der Waals surface area contributed by atoms with Crippen molar-refractivity contribution >= 4 is 34.8 Å². The van der Waals surface area contributed by atoms with E-state index < -0.39 is 12.1 Å². The number of methoxy groups -OCH3 is 1. The Kier molecular flexibility index (Phi) is 8.25. The van der Waals surface area contributed by atoms with E-state index in [0.29, 0.717) is 18.7 Å². The Morgan fingerprint density at radius 3 is 2.72 bits per heavy atom.